The first-order valence-electron chi connectivity index (χ1n) is 5.66. The van der Waals surface area contributed by atoms with Gasteiger partial charge in [0.05, 0.1) is 11.3 Å². The lowest BCUT2D eigenvalue weighted by atomic mass is 10.0. The van der Waals surface area contributed by atoms with E-state index in [1.165, 1.54) is 12.1 Å². The van der Waals surface area contributed by atoms with Gasteiger partial charge in [0, 0.05) is 15.6 Å². The quantitative estimate of drug-likeness (QED) is 0.488. The van der Waals surface area contributed by atoms with Crippen molar-refractivity contribution < 1.29 is 22.4 Å². The van der Waals surface area contributed by atoms with Crippen molar-refractivity contribution in [1.82, 2.24) is 0 Å². The first kappa shape index (κ1) is 15.5. The molecule has 0 saturated heterocycles. The highest BCUT2D eigenvalue weighted by Gasteiger charge is 2.31. The van der Waals surface area contributed by atoms with Gasteiger partial charge in [-0.3, -0.25) is 4.79 Å². The molecule has 110 valence electrons. The number of nitrogens with two attached hydrogens (primary N) is 1. The molecule has 2 aromatic carbocycles. The van der Waals surface area contributed by atoms with E-state index in [0.29, 0.717) is 0 Å². The first-order valence-corrected chi connectivity index (χ1v) is 6.46. The molecule has 0 aromatic heterocycles. The van der Waals surface area contributed by atoms with Crippen molar-refractivity contribution in [2.75, 3.05) is 5.73 Å². The molecule has 0 unspecified atom stereocenters. The monoisotopic (exact) mass is 361 g/mol. The number of anilines is 1. The molecule has 0 aliphatic carbocycles. The Balaban J connectivity index is 2.50. The third kappa shape index (κ3) is 3.24. The zero-order valence-corrected chi connectivity index (χ0v) is 11.9. The molecule has 0 radical (unpaired) electrons. The van der Waals surface area contributed by atoms with E-state index in [1.54, 1.807) is 0 Å². The molecular weight excluding hydrogens is 354 g/mol. The van der Waals surface area contributed by atoms with E-state index in [1.807, 2.05) is 0 Å². The number of nitrogen functional groups attached to an aromatic ring is 1. The van der Waals surface area contributed by atoms with Crippen LogP contribution in [0.15, 0.2) is 40.9 Å². The van der Waals surface area contributed by atoms with Crippen molar-refractivity contribution in [3.05, 3.63) is 63.4 Å². The lowest BCUT2D eigenvalue weighted by molar-refractivity contribution is -0.137. The fourth-order valence-corrected chi connectivity index (χ4v) is 2.13. The van der Waals surface area contributed by atoms with E-state index in [2.05, 4.69) is 15.9 Å². The third-order valence-corrected chi connectivity index (χ3v) is 3.49. The number of rotatable bonds is 2. The smallest absolute Gasteiger partial charge is 0.396 e. The predicted molar refractivity (Wildman–Crippen MR) is 73.4 cm³/mol. The minimum Gasteiger partial charge on any atom is -0.396 e. The fraction of sp³-hybridized carbons (Fsp3) is 0.0714. The largest absolute Gasteiger partial charge is 0.416 e. The van der Waals surface area contributed by atoms with Crippen LogP contribution in [0.1, 0.15) is 21.5 Å². The van der Waals surface area contributed by atoms with Crippen LogP contribution in [0.2, 0.25) is 0 Å². The lowest BCUT2D eigenvalue weighted by Crippen LogP contribution is -2.09. The molecule has 0 atom stereocenters. The van der Waals surface area contributed by atoms with Gasteiger partial charge < -0.3 is 5.73 Å². The second kappa shape index (κ2) is 5.48. The summed E-state index contributed by atoms with van der Waals surface area (Å²) in [6.07, 6.45) is -4.57. The van der Waals surface area contributed by atoms with Crippen LogP contribution in [0.3, 0.4) is 0 Å². The summed E-state index contributed by atoms with van der Waals surface area (Å²) >= 11 is 3.02. The van der Waals surface area contributed by atoms with Crippen LogP contribution in [-0.2, 0) is 6.18 Å². The van der Waals surface area contributed by atoms with Crippen LogP contribution in [0, 0.1) is 5.82 Å². The predicted octanol–water partition coefficient (Wildman–Crippen LogP) is 4.42. The van der Waals surface area contributed by atoms with Gasteiger partial charge in [0.15, 0.2) is 5.78 Å². The van der Waals surface area contributed by atoms with Gasteiger partial charge in [-0.25, -0.2) is 4.39 Å². The highest BCUT2D eigenvalue weighted by Crippen LogP contribution is 2.32. The highest BCUT2D eigenvalue weighted by atomic mass is 79.9. The molecule has 0 fully saturated rings. The summed E-state index contributed by atoms with van der Waals surface area (Å²) in [5.41, 5.74) is 3.92. The number of carbonyl (C=O) groups excluding carboxylic acids is 1. The molecule has 7 heteroatoms. The van der Waals surface area contributed by atoms with Gasteiger partial charge in [0.1, 0.15) is 5.82 Å². The molecule has 2 nitrogen and oxygen atoms in total. The molecule has 0 bridgehead atoms. The normalized spacial score (nSPS) is 11.5. The Hall–Kier alpha value is -1.89. The van der Waals surface area contributed by atoms with E-state index < -0.39 is 23.3 Å². The number of carbonyl (C=O) groups is 1. The second-order valence-electron chi connectivity index (χ2n) is 4.26. The van der Waals surface area contributed by atoms with E-state index in [4.69, 9.17) is 5.73 Å². The van der Waals surface area contributed by atoms with Crippen molar-refractivity contribution in [2.45, 2.75) is 6.18 Å². The Bertz CT molecular complexity index is 713. The van der Waals surface area contributed by atoms with Crippen molar-refractivity contribution in [1.29, 1.82) is 0 Å². The van der Waals surface area contributed by atoms with Crippen LogP contribution in [0.25, 0.3) is 0 Å². The SMILES string of the molecule is Nc1ccc(C(=O)c2cc(C(F)(F)F)ccc2Br)cc1F. The Morgan fingerprint density at radius 3 is 2.33 bits per heavy atom. The maximum atomic E-state index is 13.4. The summed E-state index contributed by atoms with van der Waals surface area (Å²) < 4.78 is 51.6. The number of benzene rings is 2. The maximum Gasteiger partial charge on any atom is 0.416 e. The van der Waals surface area contributed by atoms with Crippen LogP contribution in [0.5, 0.6) is 0 Å². The second-order valence-corrected chi connectivity index (χ2v) is 5.11. The minimum atomic E-state index is -4.57. The fourth-order valence-electron chi connectivity index (χ4n) is 1.70. The van der Waals surface area contributed by atoms with Gasteiger partial charge in [0.25, 0.3) is 0 Å². The molecule has 0 saturated carbocycles. The van der Waals surface area contributed by atoms with E-state index >= 15 is 0 Å². The van der Waals surface area contributed by atoms with Gasteiger partial charge in [-0.05, 0) is 36.4 Å². The van der Waals surface area contributed by atoms with E-state index in [-0.39, 0.29) is 21.3 Å². The molecule has 2 rings (SSSR count). The summed E-state index contributed by atoms with van der Waals surface area (Å²) in [5, 5.41) is 0. The summed E-state index contributed by atoms with van der Waals surface area (Å²) in [5.74, 6) is -1.53. The van der Waals surface area contributed by atoms with Crippen LogP contribution in [0.4, 0.5) is 23.2 Å². The van der Waals surface area contributed by atoms with Crippen LogP contribution in [-0.4, -0.2) is 5.78 Å². The van der Waals surface area contributed by atoms with Crippen molar-refractivity contribution in [2.24, 2.45) is 0 Å². The van der Waals surface area contributed by atoms with Crippen molar-refractivity contribution >= 4 is 27.4 Å². The van der Waals surface area contributed by atoms with E-state index in [9.17, 15) is 22.4 Å². The molecule has 0 aliphatic heterocycles. The summed E-state index contributed by atoms with van der Waals surface area (Å²) in [7, 11) is 0. The molecular formula is C14H8BrF4NO. The number of alkyl halides is 3. The van der Waals surface area contributed by atoms with Crippen LogP contribution < -0.4 is 5.73 Å². The van der Waals surface area contributed by atoms with Gasteiger partial charge >= 0.3 is 6.18 Å². The summed E-state index contributed by atoms with van der Waals surface area (Å²) in [6.45, 7) is 0. The maximum absolute atomic E-state index is 13.4. The topological polar surface area (TPSA) is 43.1 Å². The lowest BCUT2D eigenvalue weighted by Gasteiger charge is -2.10. The van der Waals surface area contributed by atoms with Gasteiger partial charge in [0.2, 0.25) is 0 Å². The summed E-state index contributed by atoms with van der Waals surface area (Å²) in [6, 6.07) is 6.04. The average Bonchev–Trinajstić information content (AvgIpc) is 2.40. The molecule has 2 aromatic rings. The van der Waals surface area contributed by atoms with Gasteiger partial charge in [-0.15, -0.1) is 0 Å². The molecule has 21 heavy (non-hydrogen) atoms. The minimum absolute atomic E-state index is 0.0817. The number of hydrogen-bond donors (Lipinski definition) is 1. The molecule has 0 aliphatic rings. The zero-order valence-electron chi connectivity index (χ0n) is 10.3. The molecule has 0 heterocycles. The van der Waals surface area contributed by atoms with Crippen LogP contribution >= 0.6 is 15.9 Å². The number of halogens is 5. The molecule has 0 spiro atoms. The number of hydrogen-bond acceptors (Lipinski definition) is 2. The summed E-state index contributed by atoms with van der Waals surface area (Å²) in [4.78, 5) is 12.2. The van der Waals surface area contributed by atoms with E-state index in [0.717, 1.165) is 24.3 Å². The van der Waals surface area contributed by atoms with Crippen molar-refractivity contribution in [3.63, 3.8) is 0 Å². The Labute approximate surface area is 125 Å². The molecule has 0 amide bonds. The average molecular weight is 362 g/mol. The Morgan fingerprint density at radius 1 is 1.10 bits per heavy atom. The molecule has 2 N–H and O–H groups in total. The zero-order chi connectivity index (χ0) is 15.8. The van der Waals surface area contributed by atoms with Gasteiger partial charge in [-0.1, -0.05) is 15.9 Å². The van der Waals surface area contributed by atoms with Gasteiger partial charge in [-0.2, -0.15) is 13.2 Å². The Morgan fingerprint density at radius 2 is 1.76 bits per heavy atom. The number of ketones is 1. The third-order valence-electron chi connectivity index (χ3n) is 2.80. The highest BCUT2D eigenvalue weighted by molar-refractivity contribution is 9.10. The first-order chi connectivity index (χ1) is 9.70. The standard InChI is InChI=1S/C14H8BrF4NO/c15-10-3-2-8(14(17,18)19)6-9(10)13(21)7-1-4-12(20)11(16)5-7/h1-6H,20H2. The Kier molecular flexibility index (Phi) is 4.04. The van der Waals surface area contributed by atoms with Crippen molar-refractivity contribution in [3.8, 4) is 0 Å².